The molecule has 0 radical (unpaired) electrons. The molecule has 4 amide bonds. The number of unbranched alkanes of at least 4 members (excludes halogenated alkanes) is 6. The summed E-state index contributed by atoms with van der Waals surface area (Å²) in [5, 5.41) is 0. The van der Waals surface area contributed by atoms with E-state index in [4.69, 9.17) is 20.4 Å². The molecular formula is C63H123N5O8S8. The van der Waals surface area contributed by atoms with Crippen LogP contribution in [0.5, 0.6) is 0 Å². The molecule has 0 aliphatic heterocycles. The molecule has 0 fully saturated rings. The van der Waals surface area contributed by atoms with Crippen LogP contribution in [0, 0.1) is 0 Å². The van der Waals surface area contributed by atoms with Gasteiger partial charge in [-0.15, -0.1) is 6.58 Å². The molecule has 0 aromatic carbocycles. The van der Waals surface area contributed by atoms with Gasteiger partial charge in [0.15, 0.2) is 0 Å². The highest BCUT2D eigenvalue weighted by atomic mass is 32.2. The highest BCUT2D eigenvalue weighted by Crippen LogP contribution is 2.17. The van der Waals surface area contributed by atoms with Gasteiger partial charge in [0, 0.05) is 124 Å². The summed E-state index contributed by atoms with van der Waals surface area (Å²) in [5.41, 5.74) is 2.43. The first-order valence-electron chi connectivity index (χ1n) is 33.1. The summed E-state index contributed by atoms with van der Waals surface area (Å²) in [4.78, 5) is 60.1. The molecule has 0 saturated heterocycles. The number of ether oxygens (including phenoxy) is 4. The number of rotatable bonds is 70. The number of hydrogen-bond acceptors (Lipinski definition) is 17. The molecule has 0 heterocycles. The summed E-state index contributed by atoms with van der Waals surface area (Å²) in [7, 11) is 0. The zero-order valence-electron chi connectivity index (χ0n) is 54.6. The van der Waals surface area contributed by atoms with E-state index < -0.39 is 0 Å². The van der Waals surface area contributed by atoms with Crippen LogP contribution in [0.3, 0.4) is 0 Å². The SMILES string of the molecule is [2H]NCCCSCCOCCOCCSCCC(=O)N(CCCC)CCCSCCCCSCCC(=O)N(CCCC)CCCSCCOCCOCCSCCC(=O)N(CCCC)CCCSCCCCSCCC(=O)N(CC=C)CCCC. The van der Waals surface area contributed by atoms with E-state index in [0.29, 0.717) is 84.4 Å². The Morgan fingerprint density at radius 1 is 0.345 bits per heavy atom. The number of nitrogens with zero attached hydrogens (tertiary/aromatic N) is 4. The topological polar surface area (TPSA) is 144 Å². The van der Waals surface area contributed by atoms with Crippen molar-refractivity contribution >= 4 is 118 Å². The molecule has 0 saturated carbocycles. The van der Waals surface area contributed by atoms with Crippen molar-refractivity contribution in [1.82, 2.24) is 19.6 Å². The third-order valence-electron chi connectivity index (χ3n) is 13.2. The largest absolute Gasteiger partial charge is 0.378 e. The van der Waals surface area contributed by atoms with E-state index in [1.165, 1.54) is 25.7 Å². The van der Waals surface area contributed by atoms with E-state index in [1.54, 1.807) is 23.5 Å². The van der Waals surface area contributed by atoms with Crippen LogP contribution in [0.25, 0.3) is 0 Å². The molecule has 496 valence electrons. The minimum Gasteiger partial charge on any atom is -0.378 e. The highest BCUT2D eigenvalue weighted by molar-refractivity contribution is 8.00. The third-order valence-corrected chi connectivity index (χ3v) is 21.6. The van der Waals surface area contributed by atoms with E-state index in [9.17, 15) is 19.2 Å². The zero-order chi connectivity index (χ0) is 62.0. The molecule has 0 atom stereocenters. The Balaban J connectivity index is 3.93. The lowest BCUT2D eigenvalue weighted by molar-refractivity contribution is -0.131. The smallest absolute Gasteiger partial charge is 0.223 e. The van der Waals surface area contributed by atoms with Crippen LogP contribution in [-0.2, 0) is 38.1 Å². The quantitative estimate of drug-likeness (QED) is 0.0455. The third kappa shape index (κ3) is 57.4. The molecule has 0 aromatic rings. The van der Waals surface area contributed by atoms with Crippen LogP contribution in [0.1, 0.15) is 156 Å². The number of carbonyl (C=O) groups excluding carboxylic acids is 4. The first-order chi connectivity index (χ1) is 41.8. The summed E-state index contributed by atoms with van der Waals surface area (Å²) in [6.07, 6.45) is 21.7. The van der Waals surface area contributed by atoms with Gasteiger partial charge in [0.1, 0.15) is 1.41 Å². The molecular weight excluding hydrogens is 1210 g/mol. The van der Waals surface area contributed by atoms with Crippen molar-refractivity contribution < 1.29 is 39.5 Å². The molecule has 0 unspecified atom stereocenters. The molecule has 2 N–H and O–H groups in total. The lowest BCUT2D eigenvalue weighted by Gasteiger charge is -2.22. The fourth-order valence-corrected chi connectivity index (χ4v) is 15.1. The minimum absolute atomic E-state index is 0.252. The lowest BCUT2D eigenvalue weighted by Crippen LogP contribution is -2.33. The van der Waals surface area contributed by atoms with Gasteiger partial charge in [-0.1, -0.05) is 59.5 Å². The van der Waals surface area contributed by atoms with Gasteiger partial charge in [0.05, 0.1) is 52.9 Å². The molecule has 0 bridgehead atoms. The predicted molar refractivity (Wildman–Crippen MR) is 382 cm³/mol. The van der Waals surface area contributed by atoms with Crippen molar-refractivity contribution in [3.8, 4) is 0 Å². The Kier molecular flexibility index (Phi) is 67.7. The number of hydrogen-bond donors (Lipinski definition) is 1. The van der Waals surface area contributed by atoms with E-state index in [0.717, 1.165) is 228 Å². The van der Waals surface area contributed by atoms with Gasteiger partial charge in [0.2, 0.25) is 23.6 Å². The average Bonchev–Trinajstić information content (AvgIpc) is 3.50. The van der Waals surface area contributed by atoms with Crippen LogP contribution in [0.15, 0.2) is 12.7 Å². The van der Waals surface area contributed by atoms with Crippen molar-refractivity contribution in [2.75, 3.05) is 204 Å². The molecule has 0 aliphatic rings. The van der Waals surface area contributed by atoms with Gasteiger partial charge in [-0.2, -0.15) is 94.1 Å². The molecule has 21 heteroatoms. The van der Waals surface area contributed by atoms with Crippen LogP contribution >= 0.6 is 94.1 Å². The molecule has 84 heavy (non-hydrogen) atoms. The monoisotopic (exact) mass is 1330 g/mol. The Hall–Kier alpha value is 0.220. The molecule has 0 rings (SSSR count). The molecule has 0 aliphatic carbocycles. The van der Waals surface area contributed by atoms with Gasteiger partial charge in [-0.05, 0) is 130 Å². The Labute approximate surface area is 551 Å². The normalized spacial score (nSPS) is 11.5. The number of nitrogens with two attached hydrogens (primary N) is 1. The summed E-state index contributed by atoms with van der Waals surface area (Å²) in [6, 6.07) is 0. The first-order valence-corrected chi connectivity index (χ1v) is 41.8. The summed E-state index contributed by atoms with van der Waals surface area (Å²) in [6.45, 7) is 25.1. The van der Waals surface area contributed by atoms with Gasteiger partial charge in [-0.25, -0.2) is 0 Å². The molecule has 13 nitrogen and oxygen atoms in total. The fourth-order valence-electron chi connectivity index (χ4n) is 8.22. The van der Waals surface area contributed by atoms with Crippen molar-refractivity contribution in [2.45, 2.75) is 156 Å². The molecule has 0 aromatic heterocycles. The number of thioether (sulfide) groups is 8. The zero-order valence-corrected chi connectivity index (χ0v) is 60.1. The first kappa shape index (κ1) is 82.2. The molecule has 0 spiro atoms. The van der Waals surface area contributed by atoms with Gasteiger partial charge in [0.25, 0.3) is 0 Å². The van der Waals surface area contributed by atoms with Crippen molar-refractivity contribution in [3.05, 3.63) is 12.7 Å². The van der Waals surface area contributed by atoms with E-state index >= 15 is 0 Å². The van der Waals surface area contributed by atoms with E-state index in [1.807, 2.05) is 81.5 Å². The van der Waals surface area contributed by atoms with Crippen LogP contribution < -0.4 is 5.73 Å². The Bertz CT molecular complexity index is 1500. The maximum absolute atomic E-state index is 13.2. The Morgan fingerprint density at radius 3 is 0.905 bits per heavy atom. The van der Waals surface area contributed by atoms with E-state index in [2.05, 4.69) is 54.7 Å². The second-order valence-corrected chi connectivity index (χ2v) is 30.4. The summed E-state index contributed by atoms with van der Waals surface area (Å²) < 4.78 is 29.9. The van der Waals surface area contributed by atoms with Crippen molar-refractivity contribution in [3.63, 3.8) is 0 Å². The summed E-state index contributed by atoms with van der Waals surface area (Å²) in [5.74, 6) is 17.0. The van der Waals surface area contributed by atoms with Crippen LogP contribution in [0.4, 0.5) is 0 Å². The Morgan fingerprint density at radius 2 is 0.595 bits per heavy atom. The second-order valence-electron chi connectivity index (χ2n) is 20.6. The van der Waals surface area contributed by atoms with Crippen LogP contribution in [0.2, 0.25) is 1.41 Å². The minimum atomic E-state index is 0.252. The van der Waals surface area contributed by atoms with Gasteiger partial charge in [-0.3, -0.25) is 19.2 Å². The number of amides is 4. The fraction of sp³-hybridized carbons (Fsp3) is 0.905. The van der Waals surface area contributed by atoms with Crippen molar-refractivity contribution in [1.29, 1.82) is 0 Å². The highest BCUT2D eigenvalue weighted by Gasteiger charge is 2.16. The predicted octanol–water partition coefficient (Wildman–Crippen LogP) is 13.3. The van der Waals surface area contributed by atoms with Crippen LogP contribution in [-0.4, -0.2) is 247 Å². The van der Waals surface area contributed by atoms with Gasteiger partial charge < -0.3 is 44.3 Å². The van der Waals surface area contributed by atoms with Crippen molar-refractivity contribution in [2.24, 2.45) is 5.73 Å². The number of carbonyl (C=O) groups is 4. The maximum Gasteiger partial charge on any atom is 0.223 e. The lowest BCUT2D eigenvalue weighted by atomic mass is 10.2. The summed E-state index contributed by atoms with van der Waals surface area (Å²) >= 11 is 15.2. The van der Waals surface area contributed by atoms with Gasteiger partial charge >= 0.3 is 0 Å². The average molecular weight is 1340 g/mol. The maximum atomic E-state index is 13.2. The second kappa shape index (κ2) is 69.1. The van der Waals surface area contributed by atoms with E-state index in [-0.39, 0.29) is 17.7 Å². The standard InChI is InChI=1S/C63H123N5O8S8/c1-6-11-29-65(28-10-5)60(69)23-52-79-46-17-15-44-77-49-20-33-66(30-12-7-2)63(72)26-55-84-59-43-76-39-37-74-41-57-82-51-22-35-68(32-14-9-4)61(70)24-53-80-47-18-16-45-78-50-21-34-67(31-13-8-3)62(71)25-54-83-58-42-75-38-36-73-40-56-81-48-19-27-64/h10H,5-9,11-59,64H2,1-4H3/i/hD.